The van der Waals surface area contributed by atoms with Gasteiger partial charge >= 0.3 is 232 Å². The average molecular weight is 537 g/mol. The van der Waals surface area contributed by atoms with E-state index in [0.29, 0.717) is 16.4 Å². The molecule has 0 aliphatic heterocycles. The molecule has 0 saturated heterocycles. The Morgan fingerprint density at radius 1 is 0.500 bits per heavy atom. The molecule has 0 atom stereocenters. The number of unbranched alkanes of at least 4 members (excludes halogenated alkanes) is 10. The molecule has 0 unspecified atom stereocenters. The third-order valence-corrected chi connectivity index (χ3v) is 10.5. The minimum absolute atomic E-state index is 0.426. The van der Waals surface area contributed by atoms with Crippen LogP contribution in [0.25, 0.3) is 0 Å². The van der Waals surface area contributed by atoms with Crippen LogP contribution in [0.5, 0.6) is 5.75 Å². The van der Waals surface area contributed by atoms with Gasteiger partial charge in [0.05, 0.1) is 0 Å². The standard InChI is InChI=1S/C34H49O3P/c1-3-5-7-9-11-14-18-30-22-26-33(27-23-30)38(35,36,37-32-20-16-13-17-21-32)34-28-24-31(25-29-34)19-15-12-10-8-6-4-2/h13,16-17,20-29,35-36H,3-12,14-15,18-19H2,1-2H3. The van der Waals surface area contributed by atoms with E-state index in [1.165, 1.54) is 75.3 Å². The van der Waals surface area contributed by atoms with E-state index in [4.69, 9.17) is 4.52 Å². The van der Waals surface area contributed by atoms with Crippen LogP contribution in [-0.2, 0) is 12.8 Å². The summed E-state index contributed by atoms with van der Waals surface area (Å²) in [5.74, 6) is 0.447. The van der Waals surface area contributed by atoms with Crippen molar-refractivity contribution in [2.24, 2.45) is 0 Å². The summed E-state index contributed by atoms with van der Waals surface area (Å²) in [5.41, 5.74) is 2.44. The van der Waals surface area contributed by atoms with Crippen LogP contribution in [0.15, 0.2) is 78.9 Å². The first kappa shape index (κ1) is 30.4. The summed E-state index contributed by atoms with van der Waals surface area (Å²) in [4.78, 5) is 24.2. The Kier molecular flexibility index (Phi) is 12.3. The fourth-order valence-corrected chi connectivity index (χ4v) is 7.42. The Morgan fingerprint density at radius 2 is 0.895 bits per heavy atom. The van der Waals surface area contributed by atoms with Crippen molar-refractivity contribution in [3.63, 3.8) is 0 Å². The number of para-hydroxylation sites is 1. The van der Waals surface area contributed by atoms with Crippen LogP contribution in [-0.4, -0.2) is 9.79 Å². The fourth-order valence-electron chi connectivity index (χ4n) is 5.02. The quantitative estimate of drug-likeness (QED) is 0.126. The molecule has 3 nitrogen and oxygen atoms in total. The van der Waals surface area contributed by atoms with Crippen LogP contribution in [0.2, 0.25) is 0 Å². The number of benzene rings is 3. The summed E-state index contributed by atoms with van der Waals surface area (Å²) in [5, 5.41) is 0.852. The molecule has 0 saturated carbocycles. The first-order valence-corrected chi connectivity index (χ1v) is 17.0. The third kappa shape index (κ3) is 8.94. The predicted molar refractivity (Wildman–Crippen MR) is 165 cm³/mol. The van der Waals surface area contributed by atoms with Gasteiger partial charge in [0, 0.05) is 0 Å². The Labute approximate surface area is 231 Å². The molecular formula is C34H49O3P. The molecule has 3 rings (SSSR count). The number of rotatable bonds is 18. The van der Waals surface area contributed by atoms with Crippen molar-refractivity contribution in [2.75, 3.05) is 0 Å². The van der Waals surface area contributed by atoms with E-state index < -0.39 is 7.28 Å². The second-order valence-electron chi connectivity index (χ2n) is 10.7. The molecule has 0 aliphatic carbocycles. The third-order valence-electron chi connectivity index (χ3n) is 7.46. The number of aryl methyl sites for hydroxylation is 2. The fraction of sp³-hybridized carbons (Fsp3) is 0.471. The van der Waals surface area contributed by atoms with Gasteiger partial charge in [0.25, 0.3) is 0 Å². The van der Waals surface area contributed by atoms with Gasteiger partial charge in [-0.2, -0.15) is 0 Å². The van der Waals surface area contributed by atoms with Crippen LogP contribution in [0.3, 0.4) is 0 Å². The zero-order valence-electron chi connectivity index (χ0n) is 23.7. The summed E-state index contributed by atoms with van der Waals surface area (Å²) in [7, 11) is -4.90. The Hall–Kier alpha value is -2.19. The molecule has 38 heavy (non-hydrogen) atoms. The molecule has 2 N–H and O–H groups in total. The summed E-state index contributed by atoms with van der Waals surface area (Å²) in [6.45, 7) is 4.48. The van der Waals surface area contributed by atoms with E-state index in [1.54, 1.807) is 12.1 Å². The molecule has 0 radical (unpaired) electrons. The number of hydrogen-bond acceptors (Lipinski definition) is 3. The van der Waals surface area contributed by atoms with E-state index in [9.17, 15) is 9.79 Å². The van der Waals surface area contributed by atoms with Crippen LogP contribution in [0, 0.1) is 0 Å². The van der Waals surface area contributed by atoms with Gasteiger partial charge in [-0.3, -0.25) is 0 Å². The average Bonchev–Trinajstić information content (AvgIpc) is 2.93. The van der Waals surface area contributed by atoms with Gasteiger partial charge in [-0.25, -0.2) is 0 Å². The topological polar surface area (TPSA) is 49.7 Å². The Bertz CT molecular complexity index is 982. The molecule has 0 aromatic heterocycles. The molecule has 0 fully saturated rings. The first-order chi connectivity index (χ1) is 18.4. The minimum atomic E-state index is -4.90. The van der Waals surface area contributed by atoms with Crippen molar-refractivity contribution in [1.29, 1.82) is 0 Å². The van der Waals surface area contributed by atoms with Gasteiger partial charge in [-0.05, 0) is 0 Å². The summed E-state index contributed by atoms with van der Waals surface area (Å²) in [6, 6.07) is 24.6. The van der Waals surface area contributed by atoms with Gasteiger partial charge in [0.1, 0.15) is 0 Å². The van der Waals surface area contributed by atoms with Crippen LogP contribution in [0.4, 0.5) is 0 Å². The first-order valence-electron chi connectivity index (χ1n) is 14.9. The van der Waals surface area contributed by atoms with E-state index in [-0.39, 0.29) is 0 Å². The monoisotopic (exact) mass is 536 g/mol. The molecule has 0 spiro atoms. The van der Waals surface area contributed by atoms with Gasteiger partial charge in [0.2, 0.25) is 0 Å². The van der Waals surface area contributed by atoms with Crippen LogP contribution >= 0.6 is 7.28 Å². The van der Waals surface area contributed by atoms with Gasteiger partial charge in [-0.15, -0.1) is 0 Å². The molecule has 3 aromatic rings. The van der Waals surface area contributed by atoms with Crippen molar-refractivity contribution in [2.45, 2.75) is 104 Å². The van der Waals surface area contributed by atoms with Crippen molar-refractivity contribution in [3.8, 4) is 5.75 Å². The number of hydrogen-bond donors (Lipinski definition) is 2. The van der Waals surface area contributed by atoms with E-state index in [1.807, 2.05) is 66.7 Å². The molecule has 3 aromatic carbocycles. The zero-order valence-corrected chi connectivity index (χ0v) is 24.5. The van der Waals surface area contributed by atoms with E-state index in [2.05, 4.69) is 13.8 Å². The summed E-state index contributed by atoms with van der Waals surface area (Å²) < 4.78 is 6.16. The molecule has 0 heterocycles. The van der Waals surface area contributed by atoms with Crippen molar-refractivity contribution in [3.05, 3.63) is 90.0 Å². The van der Waals surface area contributed by atoms with Crippen molar-refractivity contribution in [1.82, 2.24) is 0 Å². The summed E-state index contributed by atoms with van der Waals surface area (Å²) in [6.07, 6.45) is 17.2. The van der Waals surface area contributed by atoms with Crippen molar-refractivity contribution >= 4 is 17.9 Å². The normalized spacial score (nSPS) is 12.7. The molecule has 0 bridgehead atoms. The van der Waals surface area contributed by atoms with Crippen LogP contribution < -0.4 is 15.1 Å². The van der Waals surface area contributed by atoms with Gasteiger partial charge < -0.3 is 0 Å². The zero-order chi connectivity index (χ0) is 27.1. The maximum absolute atomic E-state index is 12.1. The second-order valence-corrected chi connectivity index (χ2v) is 13.8. The van der Waals surface area contributed by atoms with Crippen LogP contribution in [0.1, 0.15) is 102 Å². The summed E-state index contributed by atoms with van der Waals surface area (Å²) >= 11 is 0. The Morgan fingerprint density at radius 3 is 1.32 bits per heavy atom. The van der Waals surface area contributed by atoms with E-state index in [0.717, 1.165) is 25.7 Å². The second kappa shape index (κ2) is 15.4. The SMILES string of the molecule is CCCCCCCCc1ccc(P(O)(O)(Oc2ccccc2)c2ccc(CCCCCCCC)cc2)cc1. The molecule has 4 heteroatoms. The van der Waals surface area contributed by atoms with Gasteiger partial charge in [-0.1, -0.05) is 0 Å². The molecule has 208 valence electrons. The maximum atomic E-state index is 12.1. The predicted octanol–water partition coefficient (Wildman–Crippen LogP) is 8.81. The molecule has 0 amide bonds. The van der Waals surface area contributed by atoms with Gasteiger partial charge in [0.15, 0.2) is 0 Å². The molecule has 0 aliphatic rings. The Balaban J connectivity index is 1.74. The molecular weight excluding hydrogens is 487 g/mol. The van der Waals surface area contributed by atoms with E-state index >= 15 is 0 Å². The van der Waals surface area contributed by atoms with Crippen molar-refractivity contribution < 1.29 is 14.3 Å².